The number of nitrogens with zero attached hydrogens (tertiary/aromatic N) is 1. The van der Waals surface area contributed by atoms with Crippen LogP contribution in [0.25, 0.3) is 0 Å². The van der Waals surface area contributed by atoms with Crippen LogP contribution in [0.2, 0.25) is 0 Å². The highest BCUT2D eigenvalue weighted by atomic mass is 127. The second kappa shape index (κ2) is 6.73. The molecule has 2 aliphatic rings. The van der Waals surface area contributed by atoms with E-state index in [4.69, 9.17) is 4.74 Å². The molecular weight excluding hydrogens is 415 g/mol. The van der Waals surface area contributed by atoms with E-state index in [1.807, 2.05) is 25.7 Å². The number of benzene rings is 1. The van der Waals surface area contributed by atoms with Crippen molar-refractivity contribution in [3.05, 3.63) is 27.3 Å². The topological polar surface area (TPSA) is 41.6 Å². The van der Waals surface area contributed by atoms with Crippen LogP contribution >= 0.6 is 22.6 Å². The summed E-state index contributed by atoms with van der Waals surface area (Å²) < 4.78 is 6.87. The molecule has 5 heteroatoms. The number of piperidine rings is 1. The van der Waals surface area contributed by atoms with E-state index in [1.54, 1.807) is 0 Å². The van der Waals surface area contributed by atoms with Gasteiger partial charge in [-0.25, -0.2) is 4.79 Å². The lowest BCUT2D eigenvalue weighted by Crippen LogP contribution is -2.51. The summed E-state index contributed by atoms with van der Waals surface area (Å²) in [6.07, 6.45) is 4.04. The summed E-state index contributed by atoms with van der Waals surface area (Å²) in [4.78, 5) is 14.5. The molecule has 1 N–H and O–H groups in total. The molecule has 1 aromatic rings. The van der Waals surface area contributed by atoms with Crippen molar-refractivity contribution in [2.75, 3.05) is 5.32 Å². The molecule has 0 spiro atoms. The Kier molecular flexibility index (Phi) is 5.00. The number of halogens is 1. The third kappa shape index (κ3) is 3.98. The number of carbonyl (C=O) groups is 1. The number of nitrogens with one attached hydrogen (secondary N) is 1. The van der Waals surface area contributed by atoms with Gasteiger partial charge in [-0.2, -0.15) is 0 Å². The molecule has 2 fully saturated rings. The molecule has 0 aliphatic carbocycles. The summed E-state index contributed by atoms with van der Waals surface area (Å²) in [6.45, 7) is 7.94. The molecule has 2 saturated heterocycles. The fourth-order valence-corrected chi connectivity index (χ4v) is 4.56. The molecule has 0 saturated carbocycles. The summed E-state index contributed by atoms with van der Waals surface area (Å²) in [5, 5.41) is 3.70. The van der Waals surface area contributed by atoms with Gasteiger partial charge in [0, 0.05) is 27.4 Å². The molecule has 2 aliphatic heterocycles. The van der Waals surface area contributed by atoms with Crippen molar-refractivity contribution in [1.82, 2.24) is 4.90 Å². The van der Waals surface area contributed by atoms with Crippen LogP contribution in [0.3, 0.4) is 0 Å². The molecular formula is C19H27IN2O2. The highest BCUT2D eigenvalue weighted by Crippen LogP contribution is 2.38. The van der Waals surface area contributed by atoms with Gasteiger partial charge < -0.3 is 15.0 Å². The normalized spacial score (nSPS) is 26.4. The number of amides is 1. The van der Waals surface area contributed by atoms with Crippen LogP contribution < -0.4 is 5.32 Å². The predicted octanol–water partition coefficient (Wildman–Crippen LogP) is 4.94. The molecule has 2 unspecified atom stereocenters. The average molecular weight is 442 g/mol. The van der Waals surface area contributed by atoms with Crippen LogP contribution in [-0.4, -0.2) is 34.7 Å². The van der Waals surface area contributed by atoms with Crippen molar-refractivity contribution in [2.45, 2.75) is 77.1 Å². The number of rotatable bonds is 2. The zero-order valence-electron chi connectivity index (χ0n) is 14.9. The Morgan fingerprint density at radius 1 is 1.25 bits per heavy atom. The SMILES string of the molecule is Cc1cc(I)ccc1NC1CC2CCC(C1)N2C(=O)OC(C)(C)C. The quantitative estimate of drug-likeness (QED) is 0.660. The van der Waals surface area contributed by atoms with E-state index in [0.29, 0.717) is 18.1 Å². The summed E-state index contributed by atoms with van der Waals surface area (Å²) in [7, 11) is 0. The van der Waals surface area contributed by atoms with Gasteiger partial charge in [-0.05, 0) is 99.7 Å². The first-order valence-corrected chi connectivity index (χ1v) is 9.85. The molecule has 0 radical (unpaired) electrons. The smallest absolute Gasteiger partial charge is 0.410 e. The third-order valence-corrected chi connectivity index (χ3v) is 5.56. The number of aryl methyl sites for hydroxylation is 1. The standard InChI is InChI=1S/C19H27IN2O2/c1-12-9-13(20)5-8-17(12)21-14-10-15-6-7-16(11-14)22(15)18(23)24-19(2,3)4/h5,8-9,14-16,21H,6-7,10-11H2,1-4H3. The van der Waals surface area contributed by atoms with E-state index in [0.717, 1.165) is 25.7 Å². The van der Waals surface area contributed by atoms with Gasteiger partial charge in [-0.3, -0.25) is 0 Å². The molecule has 4 nitrogen and oxygen atoms in total. The van der Waals surface area contributed by atoms with Crippen molar-refractivity contribution < 1.29 is 9.53 Å². The van der Waals surface area contributed by atoms with E-state index in [9.17, 15) is 4.79 Å². The Labute approximate surface area is 158 Å². The maximum absolute atomic E-state index is 12.5. The minimum absolute atomic E-state index is 0.140. The lowest BCUT2D eigenvalue weighted by Gasteiger charge is -2.40. The number of carbonyl (C=O) groups excluding carboxylic acids is 1. The van der Waals surface area contributed by atoms with Crippen LogP contribution in [0.4, 0.5) is 10.5 Å². The lowest BCUT2D eigenvalue weighted by atomic mass is 9.97. The Bertz CT molecular complexity index is 612. The molecule has 2 bridgehead atoms. The fourth-order valence-electron chi connectivity index (χ4n) is 3.92. The molecule has 1 aromatic carbocycles. The van der Waals surface area contributed by atoms with Gasteiger partial charge in [0.2, 0.25) is 0 Å². The zero-order valence-corrected chi connectivity index (χ0v) is 17.1. The first kappa shape index (κ1) is 17.8. The number of hydrogen-bond donors (Lipinski definition) is 1. The van der Waals surface area contributed by atoms with Crippen LogP contribution in [0, 0.1) is 10.5 Å². The zero-order chi connectivity index (χ0) is 17.5. The Morgan fingerprint density at radius 2 is 1.88 bits per heavy atom. The minimum Gasteiger partial charge on any atom is -0.444 e. The number of fused-ring (bicyclic) bond motifs is 2. The molecule has 1 amide bonds. The van der Waals surface area contributed by atoms with E-state index >= 15 is 0 Å². The van der Waals surface area contributed by atoms with Gasteiger partial charge in [-0.15, -0.1) is 0 Å². The highest BCUT2D eigenvalue weighted by Gasteiger charge is 2.44. The monoisotopic (exact) mass is 442 g/mol. The van der Waals surface area contributed by atoms with E-state index < -0.39 is 5.60 Å². The second-order valence-corrected chi connectivity index (χ2v) is 9.29. The van der Waals surface area contributed by atoms with Gasteiger partial charge in [0.15, 0.2) is 0 Å². The Balaban J connectivity index is 1.66. The summed E-state index contributed by atoms with van der Waals surface area (Å²) in [5.41, 5.74) is 2.07. The fraction of sp³-hybridized carbons (Fsp3) is 0.632. The van der Waals surface area contributed by atoms with E-state index in [-0.39, 0.29) is 6.09 Å². The van der Waals surface area contributed by atoms with Gasteiger partial charge in [0.1, 0.15) is 5.60 Å². The van der Waals surface area contributed by atoms with Gasteiger partial charge in [0.05, 0.1) is 0 Å². The van der Waals surface area contributed by atoms with Gasteiger partial charge in [-0.1, -0.05) is 0 Å². The summed E-state index contributed by atoms with van der Waals surface area (Å²) in [5.74, 6) is 0. The predicted molar refractivity (Wildman–Crippen MR) is 105 cm³/mol. The first-order valence-electron chi connectivity index (χ1n) is 8.77. The van der Waals surface area contributed by atoms with Crippen molar-refractivity contribution in [3.8, 4) is 0 Å². The lowest BCUT2D eigenvalue weighted by molar-refractivity contribution is 0.00683. The maximum atomic E-state index is 12.5. The molecule has 3 rings (SSSR count). The minimum atomic E-state index is -0.427. The van der Waals surface area contributed by atoms with Crippen molar-refractivity contribution in [2.24, 2.45) is 0 Å². The molecule has 2 atom stereocenters. The Morgan fingerprint density at radius 3 is 2.42 bits per heavy atom. The van der Waals surface area contributed by atoms with E-state index in [2.05, 4.69) is 53.0 Å². The van der Waals surface area contributed by atoms with Crippen LogP contribution in [0.5, 0.6) is 0 Å². The Hall–Kier alpha value is -0.980. The van der Waals surface area contributed by atoms with Crippen molar-refractivity contribution >= 4 is 34.4 Å². The number of anilines is 1. The second-order valence-electron chi connectivity index (χ2n) is 8.04. The van der Waals surface area contributed by atoms with Crippen molar-refractivity contribution in [3.63, 3.8) is 0 Å². The van der Waals surface area contributed by atoms with Gasteiger partial charge in [0.25, 0.3) is 0 Å². The first-order chi connectivity index (χ1) is 11.2. The largest absolute Gasteiger partial charge is 0.444 e. The van der Waals surface area contributed by atoms with E-state index in [1.165, 1.54) is 14.8 Å². The van der Waals surface area contributed by atoms with Crippen LogP contribution in [0.15, 0.2) is 18.2 Å². The molecule has 132 valence electrons. The average Bonchev–Trinajstić information content (AvgIpc) is 2.72. The van der Waals surface area contributed by atoms with Crippen LogP contribution in [-0.2, 0) is 4.74 Å². The maximum Gasteiger partial charge on any atom is 0.410 e. The van der Waals surface area contributed by atoms with Crippen molar-refractivity contribution in [1.29, 1.82) is 0 Å². The van der Waals surface area contributed by atoms with Gasteiger partial charge >= 0.3 is 6.09 Å². The summed E-state index contributed by atoms with van der Waals surface area (Å²) >= 11 is 2.34. The van der Waals surface area contributed by atoms with Crippen LogP contribution in [0.1, 0.15) is 52.0 Å². The number of ether oxygens (including phenoxy) is 1. The molecule has 24 heavy (non-hydrogen) atoms. The third-order valence-electron chi connectivity index (χ3n) is 4.89. The molecule has 0 aromatic heterocycles. The highest BCUT2D eigenvalue weighted by molar-refractivity contribution is 14.1. The molecule has 2 heterocycles. The number of hydrogen-bond acceptors (Lipinski definition) is 3. The summed E-state index contributed by atoms with van der Waals surface area (Å²) in [6, 6.07) is 7.55.